The van der Waals surface area contributed by atoms with Crippen molar-refractivity contribution >= 4 is 33.2 Å². The lowest BCUT2D eigenvalue weighted by Crippen LogP contribution is -2.53. The molecular weight excluding hydrogens is 500 g/mol. The van der Waals surface area contributed by atoms with Crippen molar-refractivity contribution in [2.45, 2.75) is 52.7 Å². The zero-order valence-corrected chi connectivity index (χ0v) is 22.7. The van der Waals surface area contributed by atoms with Crippen molar-refractivity contribution in [3.8, 4) is 5.75 Å². The van der Waals surface area contributed by atoms with Gasteiger partial charge in [0.25, 0.3) is 5.69 Å². The molecule has 0 fully saturated rings. The predicted molar refractivity (Wildman–Crippen MR) is 141 cm³/mol. The number of ether oxygens (including phenoxy) is 1. The molecule has 12 heteroatoms. The van der Waals surface area contributed by atoms with Gasteiger partial charge < -0.3 is 15.0 Å². The van der Waals surface area contributed by atoms with Crippen LogP contribution in [-0.4, -0.2) is 62.0 Å². The highest BCUT2D eigenvalue weighted by Crippen LogP contribution is 2.28. The summed E-state index contributed by atoms with van der Waals surface area (Å²) in [5.74, 6) is -0.439. The van der Waals surface area contributed by atoms with E-state index in [1.807, 2.05) is 0 Å². The van der Waals surface area contributed by atoms with Crippen molar-refractivity contribution in [1.82, 2.24) is 10.2 Å². The van der Waals surface area contributed by atoms with E-state index in [4.69, 9.17) is 4.74 Å². The molecule has 0 radical (unpaired) electrons. The maximum atomic E-state index is 13.7. The van der Waals surface area contributed by atoms with E-state index in [-0.39, 0.29) is 36.3 Å². The first-order chi connectivity index (χ1) is 17.3. The van der Waals surface area contributed by atoms with Crippen molar-refractivity contribution in [3.05, 3.63) is 63.7 Å². The van der Waals surface area contributed by atoms with Gasteiger partial charge in [-0.3, -0.25) is 24.0 Å². The molecule has 0 heterocycles. The van der Waals surface area contributed by atoms with Crippen LogP contribution in [0, 0.1) is 17.0 Å². The van der Waals surface area contributed by atoms with Gasteiger partial charge in [0.2, 0.25) is 21.8 Å². The number of carbonyl (C=O) groups is 2. The van der Waals surface area contributed by atoms with E-state index in [1.165, 1.54) is 24.1 Å². The van der Waals surface area contributed by atoms with E-state index in [0.29, 0.717) is 16.9 Å². The van der Waals surface area contributed by atoms with Crippen LogP contribution in [0.3, 0.4) is 0 Å². The molecule has 2 aromatic carbocycles. The molecule has 0 unspecified atom stereocenters. The molecule has 1 atom stereocenters. The summed E-state index contributed by atoms with van der Waals surface area (Å²) in [7, 11) is -2.51. The van der Waals surface area contributed by atoms with Crippen molar-refractivity contribution in [2.75, 3.05) is 24.2 Å². The zero-order valence-electron chi connectivity index (χ0n) is 21.9. The highest BCUT2D eigenvalue weighted by atomic mass is 32.2. The van der Waals surface area contributed by atoms with Crippen LogP contribution < -0.4 is 14.4 Å². The number of nitrogens with zero attached hydrogens (tertiary/aromatic N) is 3. The molecule has 0 aliphatic rings. The molecule has 2 aromatic rings. The van der Waals surface area contributed by atoms with E-state index in [9.17, 15) is 28.1 Å². The average molecular weight is 535 g/mol. The van der Waals surface area contributed by atoms with Gasteiger partial charge in [-0.25, -0.2) is 8.42 Å². The third-order valence-corrected chi connectivity index (χ3v) is 6.78. The fraction of sp³-hybridized carbons (Fsp3) is 0.440. The number of carbonyl (C=O) groups excluding carboxylic acids is 2. The average Bonchev–Trinajstić information content (AvgIpc) is 2.81. The van der Waals surface area contributed by atoms with Crippen LogP contribution in [0.25, 0.3) is 0 Å². The van der Waals surface area contributed by atoms with Crippen molar-refractivity contribution < 1.29 is 27.7 Å². The van der Waals surface area contributed by atoms with Gasteiger partial charge in [0, 0.05) is 24.7 Å². The van der Waals surface area contributed by atoms with Crippen LogP contribution in [0.2, 0.25) is 0 Å². The van der Waals surface area contributed by atoms with Crippen LogP contribution in [0.15, 0.2) is 42.5 Å². The SMILES string of the molecule is CC[C@@H](C(=O)NC(C)C)N(Cc1cccc(OC)c1)C(=O)CN(c1cc([N+](=O)[O-])ccc1C)S(C)(=O)=O. The second kappa shape index (κ2) is 12.5. The smallest absolute Gasteiger partial charge is 0.271 e. The first kappa shape index (κ1) is 29.6. The van der Waals surface area contributed by atoms with Crippen LogP contribution in [-0.2, 0) is 26.2 Å². The van der Waals surface area contributed by atoms with Gasteiger partial charge in [0.05, 0.1) is 24.0 Å². The summed E-state index contributed by atoms with van der Waals surface area (Å²) in [6, 6.07) is 9.76. The first-order valence-electron chi connectivity index (χ1n) is 11.7. The number of benzene rings is 2. The molecule has 0 bridgehead atoms. The summed E-state index contributed by atoms with van der Waals surface area (Å²) >= 11 is 0. The topological polar surface area (TPSA) is 139 Å². The Morgan fingerprint density at radius 3 is 2.38 bits per heavy atom. The standard InChI is InChI=1S/C25H34N4O7S/c1-7-22(25(31)26-17(2)3)27(15-19-9-8-10-21(13-19)36-5)24(30)16-28(37(6,34)35)23-14-20(29(32)33)12-11-18(23)4/h8-14,17,22H,7,15-16H2,1-6H3,(H,26,31)/t22-/m0/s1. The van der Waals surface area contributed by atoms with Crippen molar-refractivity contribution in [1.29, 1.82) is 0 Å². The Balaban J connectivity index is 2.54. The highest BCUT2D eigenvalue weighted by Gasteiger charge is 2.32. The van der Waals surface area contributed by atoms with Crippen LogP contribution in [0.4, 0.5) is 11.4 Å². The Bertz CT molecular complexity index is 1250. The predicted octanol–water partition coefficient (Wildman–Crippen LogP) is 3.01. The number of methoxy groups -OCH3 is 1. The summed E-state index contributed by atoms with van der Waals surface area (Å²) in [4.78, 5) is 38.8. The number of amides is 2. The molecule has 0 saturated heterocycles. The molecule has 202 valence electrons. The van der Waals surface area contributed by atoms with E-state index < -0.39 is 33.4 Å². The molecule has 2 rings (SSSR count). The molecule has 2 amide bonds. The van der Waals surface area contributed by atoms with Gasteiger partial charge in [0.15, 0.2) is 0 Å². The van der Waals surface area contributed by atoms with E-state index in [1.54, 1.807) is 52.0 Å². The molecular formula is C25H34N4O7S. The molecule has 1 N–H and O–H groups in total. The lowest BCUT2D eigenvalue weighted by molar-refractivity contribution is -0.384. The third-order valence-electron chi connectivity index (χ3n) is 5.66. The van der Waals surface area contributed by atoms with E-state index >= 15 is 0 Å². The number of rotatable bonds is 12. The molecule has 0 aliphatic heterocycles. The second-order valence-electron chi connectivity index (χ2n) is 8.96. The molecule has 37 heavy (non-hydrogen) atoms. The molecule has 11 nitrogen and oxygen atoms in total. The fourth-order valence-corrected chi connectivity index (χ4v) is 4.74. The number of hydrogen-bond donors (Lipinski definition) is 1. The van der Waals surface area contributed by atoms with Crippen molar-refractivity contribution in [2.24, 2.45) is 0 Å². The number of sulfonamides is 1. The zero-order chi connectivity index (χ0) is 27.9. The molecule has 0 aromatic heterocycles. The first-order valence-corrected chi connectivity index (χ1v) is 13.6. The second-order valence-corrected chi connectivity index (χ2v) is 10.9. The van der Waals surface area contributed by atoms with Crippen molar-refractivity contribution in [3.63, 3.8) is 0 Å². The normalized spacial score (nSPS) is 12.1. The summed E-state index contributed by atoms with van der Waals surface area (Å²) in [5, 5.41) is 14.1. The Labute approximate surface area is 217 Å². The van der Waals surface area contributed by atoms with E-state index in [0.717, 1.165) is 16.6 Å². The number of non-ortho nitro benzene ring substituents is 1. The molecule has 0 aliphatic carbocycles. The Kier molecular flexibility index (Phi) is 10.0. The van der Waals surface area contributed by atoms with Crippen LogP contribution in [0.1, 0.15) is 38.3 Å². The maximum absolute atomic E-state index is 13.7. The van der Waals surface area contributed by atoms with Gasteiger partial charge in [-0.1, -0.05) is 25.1 Å². The van der Waals surface area contributed by atoms with Gasteiger partial charge in [-0.2, -0.15) is 0 Å². The maximum Gasteiger partial charge on any atom is 0.271 e. The Hall–Kier alpha value is -3.67. The van der Waals surface area contributed by atoms with E-state index in [2.05, 4.69) is 5.32 Å². The summed E-state index contributed by atoms with van der Waals surface area (Å²) in [6.45, 7) is 6.34. The van der Waals surface area contributed by atoms with Gasteiger partial charge in [0.1, 0.15) is 18.3 Å². The monoisotopic (exact) mass is 534 g/mol. The number of nitrogens with one attached hydrogen (secondary N) is 1. The van der Waals surface area contributed by atoms with Gasteiger partial charge >= 0.3 is 0 Å². The minimum atomic E-state index is -4.02. The number of anilines is 1. The highest BCUT2D eigenvalue weighted by molar-refractivity contribution is 7.92. The minimum absolute atomic E-state index is 0.0194. The number of nitro benzene ring substituents is 1. The number of hydrogen-bond acceptors (Lipinski definition) is 7. The Morgan fingerprint density at radius 2 is 1.84 bits per heavy atom. The molecule has 0 saturated carbocycles. The summed E-state index contributed by atoms with van der Waals surface area (Å²) in [6.07, 6.45) is 1.21. The van der Waals surface area contributed by atoms with Crippen LogP contribution in [0.5, 0.6) is 5.75 Å². The fourth-order valence-electron chi connectivity index (χ4n) is 3.84. The lowest BCUT2D eigenvalue weighted by atomic mass is 10.1. The minimum Gasteiger partial charge on any atom is -0.497 e. The van der Waals surface area contributed by atoms with Gasteiger partial charge in [-0.05, 0) is 50.5 Å². The number of aryl methyl sites for hydroxylation is 1. The quantitative estimate of drug-likeness (QED) is 0.326. The summed E-state index contributed by atoms with van der Waals surface area (Å²) < 4.78 is 31.7. The third kappa shape index (κ3) is 7.91. The largest absolute Gasteiger partial charge is 0.497 e. The Morgan fingerprint density at radius 1 is 1.16 bits per heavy atom. The number of nitro groups is 1. The van der Waals surface area contributed by atoms with Gasteiger partial charge in [-0.15, -0.1) is 0 Å². The summed E-state index contributed by atoms with van der Waals surface area (Å²) in [5.41, 5.74) is 0.831. The molecule has 0 spiro atoms. The van der Waals surface area contributed by atoms with Crippen LogP contribution >= 0.6 is 0 Å². The lowest BCUT2D eigenvalue weighted by Gasteiger charge is -2.33.